The summed E-state index contributed by atoms with van der Waals surface area (Å²) in [5.41, 5.74) is 1.81. The number of hydrogen-bond donors (Lipinski definition) is 0. The van der Waals surface area contributed by atoms with Crippen LogP contribution in [0, 0.1) is 0 Å². The van der Waals surface area contributed by atoms with Gasteiger partial charge in [-0.1, -0.05) is 24.3 Å². The molecule has 0 amide bonds. The van der Waals surface area contributed by atoms with Crippen LogP contribution in [0.15, 0.2) is 41.1 Å². The standard InChI is InChI=1S/C13H13FS/c1-13(2,14)12-5-3-10(4-6-12)11-7-8-15-9-11/h3-9H,1-2H3. The molecule has 2 rings (SSSR count). The maximum Gasteiger partial charge on any atom is 0.130 e. The SMILES string of the molecule is CC(C)(F)c1ccc(-c2ccsc2)cc1. The maximum absolute atomic E-state index is 13.6. The van der Waals surface area contributed by atoms with Gasteiger partial charge in [0, 0.05) is 0 Å². The molecule has 0 aliphatic heterocycles. The fraction of sp³-hybridized carbons (Fsp3) is 0.231. The van der Waals surface area contributed by atoms with Crippen LogP contribution in [0.3, 0.4) is 0 Å². The number of rotatable bonds is 2. The molecule has 0 atom stereocenters. The molecule has 0 nitrogen and oxygen atoms in total. The van der Waals surface area contributed by atoms with E-state index in [0.29, 0.717) is 0 Å². The third-order valence-corrected chi connectivity index (χ3v) is 3.11. The molecule has 1 heterocycles. The Kier molecular flexibility index (Phi) is 2.61. The fourth-order valence-electron chi connectivity index (χ4n) is 1.49. The Bertz CT molecular complexity index is 421. The van der Waals surface area contributed by atoms with Crippen molar-refractivity contribution < 1.29 is 4.39 Å². The van der Waals surface area contributed by atoms with E-state index >= 15 is 0 Å². The summed E-state index contributed by atoms with van der Waals surface area (Å²) in [7, 11) is 0. The molecule has 0 N–H and O–H groups in total. The highest BCUT2D eigenvalue weighted by atomic mass is 32.1. The lowest BCUT2D eigenvalue weighted by Crippen LogP contribution is -2.08. The predicted molar refractivity (Wildman–Crippen MR) is 63.9 cm³/mol. The largest absolute Gasteiger partial charge is 0.239 e. The second kappa shape index (κ2) is 3.78. The first-order valence-corrected chi connectivity index (χ1v) is 5.84. The predicted octanol–water partition coefficient (Wildman–Crippen LogP) is 4.62. The van der Waals surface area contributed by atoms with Crippen LogP contribution in [0.2, 0.25) is 0 Å². The van der Waals surface area contributed by atoms with Crippen molar-refractivity contribution in [3.8, 4) is 11.1 Å². The Morgan fingerprint density at radius 2 is 1.67 bits per heavy atom. The van der Waals surface area contributed by atoms with E-state index in [4.69, 9.17) is 0 Å². The molecule has 0 fully saturated rings. The lowest BCUT2D eigenvalue weighted by molar-refractivity contribution is 0.221. The van der Waals surface area contributed by atoms with Gasteiger partial charge in [0.2, 0.25) is 0 Å². The number of alkyl halides is 1. The smallest absolute Gasteiger partial charge is 0.130 e. The second-order valence-corrected chi connectivity index (χ2v) is 4.84. The first-order chi connectivity index (χ1) is 7.07. The highest BCUT2D eigenvalue weighted by Gasteiger charge is 2.17. The summed E-state index contributed by atoms with van der Waals surface area (Å²) in [5, 5.41) is 4.14. The molecule has 0 spiro atoms. The third kappa shape index (κ3) is 2.26. The zero-order valence-corrected chi connectivity index (χ0v) is 9.64. The van der Waals surface area contributed by atoms with E-state index in [9.17, 15) is 4.39 Å². The van der Waals surface area contributed by atoms with Crippen molar-refractivity contribution in [1.29, 1.82) is 0 Å². The normalized spacial score (nSPS) is 11.7. The molecule has 0 aliphatic carbocycles. The van der Waals surface area contributed by atoms with Gasteiger partial charge in [-0.3, -0.25) is 0 Å². The van der Waals surface area contributed by atoms with Crippen LogP contribution in [-0.2, 0) is 5.67 Å². The van der Waals surface area contributed by atoms with Gasteiger partial charge in [0.1, 0.15) is 5.67 Å². The van der Waals surface area contributed by atoms with E-state index in [-0.39, 0.29) is 0 Å². The van der Waals surface area contributed by atoms with Crippen molar-refractivity contribution in [3.63, 3.8) is 0 Å². The summed E-state index contributed by atoms with van der Waals surface area (Å²) in [6.07, 6.45) is 0. The van der Waals surface area contributed by atoms with E-state index in [1.165, 1.54) is 5.56 Å². The van der Waals surface area contributed by atoms with Crippen LogP contribution in [0.1, 0.15) is 19.4 Å². The van der Waals surface area contributed by atoms with E-state index in [0.717, 1.165) is 11.1 Å². The van der Waals surface area contributed by atoms with Gasteiger partial charge in [-0.05, 0) is 47.4 Å². The van der Waals surface area contributed by atoms with Crippen molar-refractivity contribution in [2.45, 2.75) is 19.5 Å². The molecular formula is C13H13FS. The highest BCUT2D eigenvalue weighted by molar-refractivity contribution is 7.08. The first-order valence-electron chi connectivity index (χ1n) is 4.89. The van der Waals surface area contributed by atoms with Gasteiger partial charge >= 0.3 is 0 Å². The van der Waals surface area contributed by atoms with Crippen molar-refractivity contribution in [1.82, 2.24) is 0 Å². The number of benzene rings is 1. The average molecular weight is 220 g/mol. The summed E-state index contributed by atoms with van der Waals surface area (Å²) in [5.74, 6) is 0. The van der Waals surface area contributed by atoms with Gasteiger partial charge in [0.05, 0.1) is 0 Å². The molecule has 78 valence electrons. The van der Waals surface area contributed by atoms with E-state index < -0.39 is 5.67 Å². The molecule has 0 saturated carbocycles. The van der Waals surface area contributed by atoms with Gasteiger partial charge in [0.15, 0.2) is 0 Å². The Hall–Kier alpha value is -1.15. The first kappa shape index (κ1) is 10.4. The molecule has 2 aromatic rings. The molecule has 0 saturated heterocycles. The van der Waals surface area contributed by atoms with Crippen LogP contribution in [0.25, 0.3) is 11.1 Å². The van der Waals surface area contributed by atoms with Gasteiger partial charge in [-0.2, -0.15) is 11.3 Å². The summed E-state index contributed by atoms with van der Waals surface area (Å²) < 4.78 is 13.6. The molecular weight excluding hydrogens is 207 g/mol. The zero-order valence-electron chi connectivity index (χ0n) is 8.83. The zero-order chi connectivity index (χ0) is 10.9. The van der Waals surface area contributed by atoms with Crippen molar-refractivity contribution in [2.24, 2.45) is 0 Å². The van der Waals surface area contributed by atoms with Gasteiger partial charge in [-0.15, -0.1) is 0 Å². The summed E-state index contributed by atoms with van der Waals surface area (Å²) >= 11 is 1.67. The Labute approximate surface area is 93.4 Å². The fourth-order valence-corrected chi connectivity index (χ4v) is 2.15. The number of halogens is 1. The Morgan fingerprint density at radius 1 is 1.00 bits per heavy atom. The van der Waals surface area contributed by atoms with Gasteiger partial charge in [-0.25, -0.2) is 4.39 Å². The van der Waals surface area contributed by atoms with E-state index in [2.05, 4.69) is 11.4 Å². The quantitative estimate of drug-likeness (QED) is 0.692. The minimum absolute atomic E-state index is 0.724. The van der Waals surface area contributed by atoms with Crippen LogP contribution in [0.4, 0.5) is 4.39 Å². The molecule has 1 aromatic heterocycles. The van der Waals surface area contributed by atoms with Gasteiger partial charge < -0.3 is 0 Å². The minimum Gasteiger partial charge on any atom is -0.239 e. The molecule has 0 unspecified atom stereocenters. The van der Waals surface area contributed by atoms with Crippen LogP contribution < -0.4 is 0 Å². The Morgan fingerprint density at radius 3 is 2.13 bits per heavy atom. The highest BCUT2D eigenvalue weighted by Crippen LogP contribution is 2.28. The summed E-state index contributed by atoms with van der Waals surface area (Å²) in [6, 6.07) is 9.72. The topological polar surface area (TPSA) is 0 Å². The average Bonchev–Trinajstić information content (AvgIpc) is 2.69. The third-order valence-electron chi connectivity index (χ3n) is 2.43. The van der Waals surface area contributed by atoms with Crippen LogP contribution in [0.5, 0.6) is 0 Å². The number of hydrogen-bond acceptors (Lipinski definition) is 1. The lowest BCUT2D eigenvalue weighted by atomic mass is 9.98. The molecule has 0 aliphatic rings. The van der Waals surface area contributed by atoms with Crippen molar-refractivity contribution in [2.75, 3.05) is 0 Å². The second-order valence-electron chi connectivity index (χ2n) is 4.06. The van der Waals surface area contributed by atoms with Crippen LogP contribution >= 0.6 is 11.3 Å². The van der Waals surface area contributed by atoms with Crippen molar-refractivity contribution in [3.05, 3.63) is 46.7 Å². The van der Waals surface area contributed by atoms with Gasteiger partial charge in [0.25, 0.3) is 0 Å². The lowest BCUT2D eigenvalue weighted by Gasteiger charge is -2.14. The summed E-state index contributed by atoms with van der Waals surface area (Å²) in [6.45, 7) is 3.15. The van der Waals surface area contributed by atoms with Crippen molar-refractivity contribution >= 4 is 11.3 Å². The number of thiophene rings is 1. The van der Waals surface area contributed by atoms with E-state index in [1.807, 2.05) is 29.6 Å². The minimum atomic E-state index is -1.26. The molecule has 2 heteroatoms. The van der Waals surface area contributed by atoms with E-state index in [1.54, 1.807) is 25.2 Å². The molecule has 1 aromatic carbocycles. The molecule has 0 bridgehead atoms. The molecule has 15 heavy (non-hydrogen) atoms. The summed E-state index contributed by atoms with van der Waals surface area (Å²) in [4.78, 5) is 0. The maximum atomic E-state index is 13.6. The monoisotopic (exact) mass is 220 g/mol. The molecule has 0 radical (unpaired) electrons. The van der Waals surface area contributed by atoms with Crippen LogP contribution in [-0.4, -0.2) is 0 Å². The Balaban J connectivity index is 2.33.